The zero-order valence-corrected chi connectivity index (χ0v) is 8.67. The second kappa shape index (κ2) is 3.55. The Morgan fingerprint density at radius 1 is 1.43 bits per heavy atom. The molecule has 0 aromatic heterocycles. The van der Waals surface area contributed by atoms with Gasteiger partial charge in [-0.15, -0.1) is 0 Å². The number of nitro benzene ring substituents is 1. The van der Waals surface area contributed by atoms with Crippen LogP contribution >= 0.6 is 11.6 Å². The van der Waals surface area contributed by atoms with E-state index in [-0.39, 0.29) is 15.6 Å². The normalized spacial score (nSPS) is 11.3. The summed E-state index contributed by atoms with van der Waals surface area (Å²) >= 11 is 5.57. The Kier molecular flexibility index (Phi) is 2.77. The van der Waals surface area contributed by atoms with Crippen LogP contribution in [-0.2, 0) is 9.84 Å². The zero-order chi connectivity index (χ0) is 10.9. The summed E-state index contributed by atoms with van der Waals surface area (Å²) in [5.74, 6) is 0. The maximum Gasteiger partial charge on any atom is 0.271 e. The molecule has 0 saturated carbocycles. The Morgan fingerprint density at radius 2 is 2.00 bits per heavy atom. The molecule has 0 heterocycles. The van der Waals surface area contributed by atoms with Gasteiger partial charge in [-0.3, -0.25) is 10.1 Å². The third-order valence-electron chi connectivity index (χ3n) is 1.53. The molecule has 14 heavy (non-hydrogen) atoms. The maximum atomic E-state index is 11.1. The van der Waals surface area contributed by atoms with Crippen molar-refractivity contribution in [2.45, 2.75) is 4.90 Å². The quantitative estimate of drug-likeness (QED) is 0.577. The second-order valence-corrected chi connectivity index (χ2v) is 5.04. The minimum atomic E-state index is -3.43. The average molecular weight is 236 g/mol. The van der Waals surface area contributed by atoms with Crippen LogP contribution in [0.25, 0.3) is 0 Å². The smallest absolute Gasteiger partial charge is 0.258 e. The monoisotopic (exact) mass is 235 g/mol. The number of hydrogen-bond donors (Lipinski definition) is 0. The summed E-state index contributed by atoms with van der Waals surface area (Å²) in [6.45, 7) is 0. The molecule has 0 spiro atoms. The molecule has 0 atom stereocenters. The molecule has 0 aliphatic rings. The van der Waals surface area contributed by atoms with E-state index in [4.69, 9.17) is 11.6 Å². The van der Waals surface area contributed by atoms with Gasteiger partial charge in [-0.1, -0.05) is 11.6 Å². The standard InChI is InChI=1S/C7H6ClNO4S/c1-14(12,13)7-3-2-5(9(10)11)4-6(7)8/h2-4H,1H3. The molecule has 0 unspecified atom stereocenters. The number of benzene rings is 1. The van der Waals surface area contributed by atoms with Gasteiger partial charge in [0.15, 0.2) is 9.84 Å². The topological polar surface area (TPSA) is 77.3 Å². The maximum absolute atomic E-state index is 11.1. The number of halogens is 1. The van der Waals surface area contributed by atoms with E-state index in [0.29, 0.717) is 0 Å². The minimum Gasteiger partial charge on any atom is -0.258 e. The summed E-state index contributed by atoms with van der Waals surface area (Å²) in [6.07, 6.45) is 0.986. The van der Waals surface area contributed by atoms with Crippen LogP contribution in [-0.4, -0.2) is 19.6 Å². The van der Waals surface area contributed by atoms with E-state index in [0.717, 1.165) is 24.5 Å². The Hall–Kier alpha value is -1.14. The van der Waals surface area contributed by atoms with Crippen LogP contribution in [0.1, 0.15) is 0 Å². The fourth-order valence-corrected chi connectivity index (χ4v) is 2.23. The van der Waals surface area contributed by atoms with E-state index in [9.17, 15) is 18.5 Å². The number of nitrogens with zero attached hydrogens (tertiary/aromatic N) is 1. The fourth-order valence-electron chi connectivity index (χ4n) is 0.904. The highest BCUT2D eigenvalue weighted by Gasteiger charge is 2.15. The zero-order valence-electron chi connectivity index (χ0n) is 7.10. The molecule has 0 aliphatic carbocycles. The summed E-state index contributed by atoms with van der Waals surface area (Å²) in [6, 6.07) is 3.23. The molecule has 1 aromatic carbocycles. The van der Waals surface area contributed by atoms with Gasteiger partial charge in [-0.25, -0.2) is 8.42 Å². The van der Waals surface area contributed by atoms with Crippen LogP contribution in [0.15, 0.2) is 23.1 Å². The first-order valence-electron chi connectivity index (χ1n) is 3.46. The van der Waals surface area contributed by atoms with Crippen molar-refractivity contribution in [2.75, 3.05) is 6.26 Å². The van der Waals surface area contributed by atoms with E-state index in [1.807, 2.05) is 0 Å². The minimum absolute atomic E-state index is 0.107. The lowest BCUT2D eigenvalue weighted by atomic mass is 10.3. The van der Waals surface area contributed by atoms with Crippen LogP contribution in [0.2, 0.25) is 5.02 Å². The van der Waals surface area contributed by atoms with E-state index >= 15 is 0 Å². The summed E-state index contributed by atoms with van der Waals surface area (Å²) in [5.41, 5.74) is -0.234. The summed E-state index contributed by atoms with van der Waals surface area (Å²) in [7, 11) is -3.43. The van der Waals surface area contributed by atoms with Crippen molar-refractivity contribution in [3.8, 4) is 0 Å². The lowest BCUT2D eigenvalue weighted by Crippen LogP contribution is -1.98. The summed E-state index contributed by atoms with van der Waals surface area (Å²) in [4.78, 5) is 9.56. The molecule has 0 amide bonds. The summed E-state index contributed by atoms with van der Waals surface area (Å²) < 4.78 is 22.2. The predicted octanol–water partition coefficient (Wildman–Crippen LogP) is 1.65. The van der Waals surface area contributed by atoms with Crippen LogP contribution in [0.3, 0.4) is 0 Å². The molecular weight excluding hydrogens is 230 g/mol. The Labute approximate surface area is 85.4 Å². The lowest BCUT2D eigenvalue weighted by molar-refractivity contribution is -0.384. The van der Waals surface area contributed by atoms with Crippen LogP contribution in [0.5, 0.6) is 0 Å². The molecule has 0 N–H and O–H groups in total. The first-order valence-corrected chi connectivity index (χ1v) is 5.73. The highest BCUT2D eigenvalue weighted by atomic mass is 35.5. The van der Waals surface area contributed by atoms with Gasteiger partial charge in [-0.05, 0) is 6.07 Å². The molecule has 76 valence electrons. The Balaban J connectivity index is 3.35. The molecule has 1 aromatic rings. The van der Waals surface area contributed by atoms with Crippen LogP contribution in [0.4, 0.5) is 5.69 Å². The van der Waals surface area contributed by atoms with E-state index in [1.54, 1.807) is 0 Å². The van der Waals surface area contributed by atoms with Gasteiger partial charge in [0, 0.05) is 18.4 Å². The van der Waals surface area contributed by atoms with Crippen molar-refractivity contribution in [3.05, 3.63) is 33.3 Å². The molecule has 0 saturated heterocycles. The highest BCUT2D eigenvalue weighted by molar-refractivity contribution is 7.90. The van der Waals surface area contributed by atoms with E-state index in [2.05, 4.69) is 0 Å². The second-order valence-electron chi connectivity index (χ2n) is 2.64. The van der Waals surface area contributed by atoms with Crippen molar-refractivity contribution < 1.29 is 13.3 Å². The number of hydrogen-bond acceptors (Lipinski definition) is 4. The van der Waals surface area contributed by atoms with Crippen molar-refractivity contribution >= 4 is 27.1 Å². The van der Waals surface area contributed by atoms with Gasteiger partial charge in [-0.2, -0.15) is 0 Å². The molecule has 0 radical (unpaired) electrons. The third kappa shape index (κ3) is 2.21. The number of non-ortho nitro benzene ring substituents is 1. The van der Waals surface area contributed by atoms with Crippen molar-refractivity contribution in [2.24, 2.45) is 0 Å². The van der Waals surface area contributed by atoms with Crippen molar-refractivity contribution in [1.82, 2.24) is 0 Å². The molecule has 5 nitrogen and oxygen atoms in total. The lowest BCUT2D eigenvalue weighted by Gasteiger charge is -2.00. The van der Waals surface area contributed by atoms with Crippen LogP contribution < -0.4 is 0 Å². The van der Waals surface area contributed by atoms with Gasteiger partial charge < -0.3 is 0 Å². The van der Waals surface area contributed by atoms with Gasteiger partial charge in [0.25, 0.3) is 5.69 Å². The third-order valence-corrected chi connectivity index (χ3v) is 3.11. The first-order chi connectivity index (χ1) is 6.32. The first kappa shape index (κ1) is 10.9. The molecule has 0 aliphatic heterocycles. The average Bonchev–Trinajstić information content (AvgIpc) is 2.01. The largest absolute Gasteiger partial charge is 0.271 e. The van der Waals surface area contributed by atoms with E-state index in [1.165, 1.54) is 0 Å². The molecule has 0 fully saturated rings. The van der Waals surface area contributed by atoms with Crippen LogP contribution in [0, 0.1) is 10.1 Å². The predicted molar refractivity (Wildman–Crippen MR) is 51.2 cm³/mol. The fraction of sp³-hybridized carbons (Fsp3) is 0.143. The van der Waals surface area contributed by atoms with Gasteiger partial charge in [0.05, 0.1) is 14.8 Å². The molecule has 0 bridgehead atoms. The molecule has 1 rings (SSSR count). The number of sulfone groups is 1. The van der Waals surface area contributed by atoms with Crippen molar-refractivity contribution in [3.63, 3.8) is 0 Å². The molecular formula is C7H6ClNO4S. The van der Waals surface area contributed by atoms with Crippen molar-refractivity contribution in [1.29, 1.82) is 0 Å². The SMILES string of the molecule is CS(=O)(=O)c1ccc([N+](=O)[O-])cc1Cl. The Bertz CT molecular complexity index is 482. The van der Waals surface area contributed by atoms with Gasteiger partial charge in [0.2, 0.25) is 0 Å². The molecule has 7 heteroatoms. The Morgan fingerprint density at radius 3 is 2.36 bits per heavy atom. The highest BCUT2D eigenvalue weighted by Crippen LogP contribution is 2.25. The number of nitro groups is 1. The van der Waals surface area contributed by atoms with Gasteiger partial charge >= 0.3 is 0 Å². The van der Waals surface area contributed by atoms with E-state index < -0.39 is 14.8 Å². The summed E-state index contributed by atoms with van der Waals surface area (Å²) in [5, 5.41) is 10.2. The van der Waals surface area contributed by atoms with Gasteiger partial charge in [0.1, 0.15) is 0 Å². The number of rotatable bonds is 2.